The summed E-state index contributed by atoms with van der Waals surface area (Å²) < 4.78 is 26.9. The lowest BCUT2D eigenvalue weighted by atomic mass is 9.94. The van der Waals surface area contributed by atoms with Crippen molar-refractivity contribution in [2.45, 2.75) is 57.2 Å². The van der Waals surface area contributed by atoms with E-state index in [4.69, 9.17) is 34.8 Å². The standard InChI is InChI=1S/C31H34Cl3N3O4S/c1-42(40,41)37(28-19-24(32)16-17-27(28)34)21-30(38)36(20-23-12-8-9-15-26(23)33)29(18-22-10-4-2-5-11-22)31(39)35-25-13-6-3-7-14-25/h2,4-5,8-12,15-17,19,25,29H,3,6-7,13-14,18,20-21H2,1H3,(H,35,39)/t29-/m1/s1. The minimum Gasteiger partial charge on any atom is -0.352 e. The summed E-state index contributed by atoms with van der Waals surface area (Å²) in [7, 11) is -3.98. The first-order chi connectivity index (χ1) is 20.0. The van der Waals surface area contributed by atoms with Crippen LogP contribution in [-0.2, 0) is 32.6 Å². The Hall–Kier alpha value is -2.78. The van der Waals surface area contributed by atoms with Crippen molar-refractivity contribution in [1.29, 1.82) is 0 Å². The Morgan fingerprint density at radius 3 is 2.24 bits per heavy atom. The van der Waals surface area contributed by atoms with Gasteiger partial charge in [0, 0.05) is 29.1 Å². The van der Waals surface area contributed by atoms with Gasteiger partial charge in [-0.25, -0.2) is 8.42 Å². The zero-order valence-corrected chi connectivity index (χ0v) is 26.4. The third kappa shape index (κ3) is 8.63. The molecular weight excluding hydrogens is 617 g/mol. The maximum absolute atomic E-state index is 14.2. The summed E-state index contributed by atoms with van der Waals surface area (Å²) in [6.07, 6.45) is 6.15. The normalized spacial score (nSPS) is 14.7. The lowest BCUT2D eigenvalue weighted by Crippen LogP contribution is -2.55. The smallest absolute Gasteiger partial charge is 0.244 e. The van der Waals surface area contributed by atoms with Crippen LogP contribution in [0.3, 0.4) is 0 Å². The van der Waals surface area contributed by atoms with E-state index in [9.17, 15) is 18.0 Å². The molecule has 1 atom stereocenters. The Labute approximate surface area is 262 Å². The van der Waals surface area contributed by atoms with E-state index in [1.54, 1.807) is 24.3 Å². The van der Waals surface area contributed by atoms with E-state index >= 15 is 0 Å². The molecule has 11 heteroatoms. The average molecular weight is 651 g/mol. The second-order valence-corrected chi connectivity index (χ2v) is 13.7. The number of hydrogen-bond acceptors (Lipinski definition) is 4. The molecule has 0 saturated heterocycles. The highest BCUT2D eigenvalue weighted by molar-refractivity contribution is 7.92. The lowest BCUT2D eigenvalue weighted by molar-refractivity contribution is -0.140. The molecule has 7 nitrogen and oxygen atoms in total. The molecule has 0 aliphatic heterocycles. The molecule has 1 aliphatic rings. The minimum absolute atomic E-state index is 0.00499. The van der Waals surface area contributed by atoms with Gasteiger partial charge in [0.25, 0.3) is 0 Å². The predicted molar refractivity (Wildman–Crippen MR) is 170 cm³/mol. The number of benzene rings is 3. The van der Waals surface area contributed by atoms with Crippen molar-refractivity contribution in [1.82, 2.24) is 10.2 Å². The fourth-order valence-electron chi connectivity index (χ4n) is 5.18. The molecule has 0 bridgehead atoms. The summed E-state index contributed by atoms with van der Waals surface area (Å²) in [5, 5.41) is 3.98. The van der Waals surface area contributed by atoms with E-state index in [0.717, 1.165) is 48.2 Å². The molecule has 0 heterocycles. The first-order valence-electron chi connectivity index (χ1n) is 13.8. The van der Waals surface area contributed by atoms with Crippen molar-refractivity contribution in [3.63, 3.8) is 0 Å². The highest BCUT2D eigenvalue weighted by Gasteiger charge is 2.34. The van der Waals surface area contributed by atoms with Crippen LogP contribution in [0.15, 0.2) is 72.8 Å². The SMILES string of the molecule is CS(=O)(=O)N(CC(=O)N(Cc1ccccc1Cl)[C@H](Cc1ccccc1)C(=O)NC1CCCCC1)c1cc(Cl)ccc1Cl. The van der Waals surface area contributed by atoms with Crippen LogP contribution in [0.5, 0.6) is 0 Å². The number of nitrogens with one attached hydrogen (secondary N) is 1. The molecular formula is C31H34Cl3N3O4S. The molecule has 224 valence electrons. The van der Waals surface area contributed by atoms with Crippen molar-refractivity contribution in [2.75, 3.05) is 17.1 Å². The number of sulfonamides is 1. The minimum atomic E-state index is -3.98. The van der Waals surface area contributed by atoms with Crippen molar-refractivity contribution in [3.05, 3.63) is 99.0 Å². The Bertz CT molecular complexity index is 1500. The van der Waals surface area contributed by atoms with Crippen molar-refractivity contribution in [3.8, 4) is 0 Å². The topological polar surface area (TPSA) is 86.8 Å². The summed E-state index contributed by atoms with van der Waals surface area (Å²) in [6, 6.07) is 20.0. The van der Waals surface area contributed by atoms with E-state index < -0.39 is 28.5 Å². The van der Waals surface area contributed by atoms with Crippen molar-refractivity contribution >= 4 is 62.3 Å². The molecule has 1 fully saturated rings. The second kappa shape index (κ2) is 14.6. The number of hydrogen-bond donors (Lipinski definition) is 1. The Morgan fingerprint density at radius 1 is 0.905 bits per heavy atom. The lowest BCUT2D eigenvalue weighted by Gasteiger charge is -2.35. The highest BCUT2D eigenvalue weighted by atomic mass is 35.5. The van der Waals surface area contributed by atoms with Gasteiger partial charge in [-0.3, -0.25) is 13.9 Å². The quantitative estimate of drug-likeness (QED) is 0.257. The van der Waals surface area contributed by atoms with Gasteiger partial charge in [-0.1, -0.05) is 103 Å². The molecule has 1 aliphatic carbocycles. The number of anilines is 1. The van der Waals surface area contributed by atoms with Crippen LogP contribution in [0.2, 0.25) is 15.1 Å². The van der Waals surface area contributed by atoms with Crippen molar-refractivity contribution < 1.29 is 18.0 Å². The third-order valence-electron chi connectivity index (χ3n) is 7.38. The van der Waals surface area contributed by atoms with Gasteiger partial charge in [0.2, 0.25) is 21.8 Å². The van der Waals surface area contributed by atoms with Gasteiger partial charge in [0.05, 0.1) is 17.0 Å². The van der Waals surface area contributed by atoms with Crippen LogP contribution in [-0.4, -0.2) is 50.0 Å². The van der Waals surface area contributed by atoms with Gasteiger partial charge in [-0.15, -0.1) is 0 Å². The van der Waals surface area contributed by atoms with Gasteiger partial charge >= 0.3 is 0 Å². The van der Waals surface area contributed by atoms with Gasteiger partial charge in [0.15, 0.2) is 0 Å². The summed E-state index contributed by atoms with van der Waals surface area (Å²) in [6.45, 7) is -0.597. The first-order valence-corrected chi connectivity index (χ1v) is 16.8. The molecule has 1 saturated carbocycles. The monoisotopic (exact) mass is 649 g/mol. The third-order valence-corrected chi connectivity index (χ3v) is 9.43. The fraction of sp³-hybridized carbons (Fsp3) is 0.355. The number of amides is 2. The van der Waals surface area contributed by atoms with E-state index in [2.05, 4.69) is 5.32 Å². The maximum atomic E-state index is 14.2. The van der Waals surface area contributed by atoms with Gasteiger partial charge in [-0.2, -0.15) is 0 Å². The molecule has 2 amide bonds. The number of nitrogens with zero attached hydrogens (tertiary/aromatic N) is 2. The molecule has 0 radical (unpaired) electrons. The molecule has 42 heavy (non-hydrogen) atoms. The van der Waals surface area contributed by atoms with E-state index in [1.807, 2.05) is 30.3 Å². The summed E-state index contributed by atoms with van der Waals surface area (Å²) in [5.41, 5.74) is 1.56. The average Bonchev–Trinajstić information content (AvgIpc) is 2.96. The molecule has 3 aromatic rings. The predicted octanol–water partition coefficient (Wildman–Crippen LogP) is 6.50. The van der Waals surface area contributed by atoms with E-state index in [-0.39, 0.29) is 40.6 Å². The Morgan fingerprint density at radius 2 is 1.57 bits per heavy atom. The van der Waals surface area contributed by atoms with Crippen molar-refractivity contribution in [2.24, 2.45) is 0 Å². The largest absolute Gasteiger partial charge is 0.352 e. The van der Waals surface area contributed by atoms with Gasteiger partial charge in [-0.05, 0) is 48.2 Å². The van der Waals surface area contributed by atoms with Gasteiger partial charge in [0.1, 0.15) is 12.6 Å². The van der Waals surface area contributed by atoms with E-state index in [0.29, 0.717) is 10.6 Å². The van der Waals surface area contributed by atoms with Crippen LogP contribution in [0.25, 0.3) is 0 Å². The zero-order valence-electron chi connectivity index (χ0n) is 23.3. The van der Waals surface area contributed by atoms with Gasteiger partial charge < -0.3 is 10.2 Å². The van der Waals surface area contributed by atoms with Crippen LogP contribution < -0.4 is 9.62 Å². The van der Waals surface area contributed by atoms with Crippen LogP contribution >= 0.6 is 34.8 Å². The van der Waals surface area contributed by atoms with Crippen LogP contribution in [0, 0.1) is 0 Å². The molecule has 4 rings (SSSR count). The summed E-state index contributed by atoms with van der Waals surface area (Å²) >= 11 is 19.0. The maximum Gasteiger partial charge on any atom is 0.244 e. The summed E-state index contributed by atoms with van der Waals surface area (Å²) in [5.74, 6) is -0.881. The number of rotatable bonds is 11. The number of carbonyl (C=O) groups excluding carboxylic acids is 2. The summed E-state index contributed by atoms with van der Waals surface area (Å²) in [4.78, 5) is 29.6. The molecule has 0 aromatic heterocycles. The van der Waals surface area contributed by atoms with Crippen LogP contribution in [0.1, 0.15) is 43.2 Å². The molecule has 1 N–H and O–H groups in total. The van der Waals surface area contributed by atoms with Crippen LogP contribution in [0.4, 0.5) is 5.69 Å². The Kier molecular flexibility index (Phi) is 11.2. The molecule has 0 spiro atoms. The first kappa shape index (κ1) is 32.1. The second-order valence-electron chi connectivity index (χ2n) is 10.5. The molecule has 3 aromatic carbocycles. The molecule has 0 unspecified atom stereocenters. The fourth-order valence-corrected chi connectivity index (χ4v) is 6.66. The zero-order chi connectivity index (χ0) is 30.3. The Balaban J connectivity index is 1.75. The van der Waals surface area contributed by atoms with E-state index in [1.165, 1.54) is 23.1 Å². The highest BCUT2D eigenvalue weighted by Crippen LogP contribution is 2.31. The number of carbonyl (C=O) groups is 2. The number of halogens is 3.